The van der Waals surface area contributed by atoms with Crippen LogP contribution < -0.4 is 16.0 Å². The number of ether oxygens (including phenoxy) is 2. The van der Waals surface area contributed by atoms with Gasteiger partial charge in [0.15, 0.2) is 11.2 Å². The highest BCUT2D eigenvalue weighted by Gasteiger charge is 2.26. The van der Waals surface area contributed by atoms with Gasteiger partial charge in [-0.05, 0) is 36.8 Å². The van der Waals surface area contributed by atoms with Crippen molar-refractivity contribution in [3.63, 3.8) is 0 Å². The van der Waals surface area contributed by atoms with Crippen LogP contribution in [0, 0.1) is 12.7 Å². The van der Waals surface area contributed by atoms with Gasteiger partial charge in [-0.3, -0.25) is 19.1 Å². The molecule has 206 valence electrons. The molecule has 0 amide bonds. The maximum atomic E-state index is 13.5. The number of hydrogen-bond acceptors (Lipinski definition) is 10. The lowest BCUT2D eigenvalue weighted by molar-refractivity contribution is -0.134. The maximum absolute atomic E-state index is 13.5. The first-order chi connectivity index (χ1) is 18.7. The number of carbonyl (C=O) groups is 1. The van der Waals surface area contributed by atoms with Crippen molar-refractivity contribution in [3.05, 3.63) is 82.2 Å². The highest BCUT2D eigenvalue weighted by molar-refractivity contribution is 7.53. The molecule has 0 saturated heterocycles. The third-order valence-corrected chi connectivity index (χ3v) is 6.98. The Kier molecular flexibility index (Phi) is 9.20. The minimum absolute atomic E-state index is 0.0337. The summed E-state index contributed by atoms with van der Waals surface area (Å²) in [7, 11) is -3.88. The highest BCUT2D eigenvalue weighted by Crippen LogP contribution is 2.49. The molecule has 0 spiro atoms. The Balaban J connectivity index is 1.34. The van der Waals surface area contributed by atoms with Gasteiger partial charge in [0.2, 0.25) is 5.95 Å². The molecule has 1 atom stereocenters. The molecule has 14 heteroatoms. The average Bonchev–Trinajstić information content (AvgIpc) is 3.30. The summed E-state index contributed by atoms with van der Waals surface area (Å²) >= 11 is 0. The minimum atomic E-state index is -3.88. The number of imidazole rings is 1. The van der Waals surface area contributed by atoms with Gasteiger partial charge in [-0.2, -0.15) is 4.98 Å². The fraction of sp³-hybridized carbons (Fsp3) is 0.280. The summed E-state index contributed by atoms with van der Waals surface area (Å²) < 4.78 is 50.3. The second-order valence-electron chi connectivity index (χ2n) is 8.48. The monoisotopic (exact) mass is 559 g/mol. The van der Waals surface area contributed by atoms with Crippen molar-refractivity contribution < 1.29 is 32.3 Å². The van der Waals surface area contributed by atoms with Gasteiger partial charge in [0.1, 0.15) is 17.9 Å². The topological polar surface area (TPSA) is 161 Å². The molecule has 12 nitrogen and oxygen atoms in total. The van der Waals surface area contributed by atoms with E-state index in [0.29, 0.717) is 11.3 Å². The molecule has 0 saturated carbocycles. The second-order valence-corrected chi connectivity index (χ2v) is 10.5. The van der Waals surface area contributed by atoms with Crippen LogP contribution in [0.2, 0.25) is 0 Å². The number of anilines is 1. The number of esters is 1. The van der Waals surface area contributed by atoms with E-state index in [-0.39, 0.29) is 49.9 Å². The van der Waals surface area contributed by atoms with E-state index in [1.165, 1.54) is 24.5 Å². The molecule has 1 unspecified atom stereocenters. The maximum Gasteiger partial charge on any atom is 0.356 e. The van der Waals surface area contributed by atoms with Crippen LogP contribution in [-0.4, -0.2) is 45.1 Å². The number of H-pyrrole nitrogens is 1. The molecule has 0 aliphatic heterocycles. The number of nitrogen functional groups attached to an aromatic ring is 1. The molecular weight excluding hydrogens is 532 g/mol. The third-order valence-electron chi connectivity index (χ3n) is 5.38. The fourth-order valence-electron chi connectivity index (χ4n) is 3.44. The summed E-state index contributed by atoms with van der Waals surface area (Å²) in [6, 6.07) is 12.6. The van der Waals surface area contributed by atoms with Gasteiger partial charge in [0, 0.05) is 6.54 Å². The molecule has 0 aliphatic rings. The lowest BCUT2D eigenvalue weighted by atomic mass is 10.2. The lowest BCUT2D eigenvalue weighted by Crippen LogP contribution is -2.14. The van der Waals surface area contributed by atoms with Crippen LogP contribution in [-0.2, 0) is 36.3 Å². The number of fused-ring (bicyclic) bond motifs is 1. The molecule has 0 fully saturated rings. The standard InChI is InChI=1S/C25H27FN5O7P/c1-17-5-7-20(8-6-17)38-21(32)9-11-36-39(34,37-14-18-3-2-4-19(26)13-18)16-35-12-10-31-15-28-22-23(31)29-25(27)30-24(22)33/h2-8,13,15H,9-12,14,16H2,1H3,(H3,27,29,30,33). The Morgan fingerprint density at radius 1 is 1.15 bits per heavy atom. The summed E-state index contributed by atoms with van der Waals surface area (Å²) in [6.45, 7) is 1.69. The number of nitrogens with zero attached hydrogens (tertiary/aromatic N) is 3. The molecule has 39 heavy (non-hydrogen) atoms. The van der Waals surface area contributed by atoms with Crippen molar-refractivity contribution in [1.29, 1.82) is 0 Å². The van der Waals surface area contributed by atoms with Crippen molar-refractivity contribution in [2.45, 2.75) is 26.5 Å². The summed E-state index contributed by atoms with van der Waals surface area (Å²) in [6.07, 6.45) is 0.772. The number of rotatable bonds is 13. The average molecular weight is 559 g/mol. The van der Waals surface area contributed by atoms with Crippen LogP contribution in [0.15, 0.2) is 59.7 Å². The molecule has 4 rings (SSSR count). The van der Waals surface area contributed by atoms with Crippen molar-refractivity contribution in [1.82, 2.24) is 19.5 Å². The van der Waals surface area contributed by atoms with Gasteiger partial charge < -0.3 is 28.8 Å². The number of aryl methyl sites for hydroxylation is 1. The van der Waals surface area contributed by atoms with Gasteiger partial charge in [0.05, 0.1) is 32.6 Å². The first-order valence-electron chi connectivity index (χ1n) is 11.9. The minimum Gasteiger partial charge on any atom is -0.426 e. The number of nitrogens with two attached hydrogens (primary N) is 1. The van der Waals surface area contributed by atoms with Gasteiger partial charge in [0.25, 0.3) is 5.56 Å². The largest absolute Gasteiger partial charge is 0.426 e. The molecule has 4 aromatic rings. The van der Waals surface area contributed by atoms with Crippen LogP contribution in [0.25, 0.3) is 11.2 Å². The number of halogens is 1. The van der Waals surface area contributed by atoms with E-state index in [4.69, 9.17) is 24.3 Å². The van der Waals surface area contributed by atoms with E-state index in [0.717, 1.165) is 5.56 Å². The Morgan fingerprint density at radius 2 is 1.95 bits per heavy atom. The molecule has 0 bridgehead atoms. The molecule has 3 N–H and O–H groups in total. The number of aromatic nitrogens is 4. The number of benzene rings is 2. The SMILES string of the molecule is Cc1ccc(OC(=O)CCOP(=O)(COCCn2cnc3c(=O)[nH]c(N)nc32)OCc2cccc(F)c2)cc1. The van der Waals surface area contributed by atoms with E-state index in [9.17, 15) is 18.5 Å². The zero-order chi connectivity index (χ0) is 27.8. The van der Waals surface area contributed by atoms with Crippen LogP contribution in [0.1, 0.15) is 17.5 Å². The second kappa shape index (κ2) is 12.8. The highest BCUT2D eigenvalue weighted by atomic mass is 31.2. The molecule has 0 aliphatic carbocycles. The Labute approximate surface area is 222 Å². The number of carbonyl (C=O) groups excluding carboxylic acids is 1. The van der Waals surface area contributed by atoms with E-state index < -0.39 is 31.3 Å². The summed E-state index contributed by atoms with van der Waals surface area (Å²) in [5, 5.41) is 0. The van der Waals surface area contributed by atoms with Gasteiger partial charge in [-0.15, -0.1) is 0 Å². The van der Waals surface area contributed by atoms with E-state index in [1.54, 1.807) is 34.9 Å². The quantitative estimate of drug-likeness (QED) is 0.107. The third kappa shape index (κ3) is 8.04. The predicted octanol–water partition coefficient (Wildman–Crippen LogP) is 3.55. The Hall–Kier alpha value is -3.90. The summed E-state index contributed by atoms with van der Waals surface area (Å²) in [5.74, 6) is -0.725. The first-order valence-corrected chi connectivity index (χ1v) is 13.6. The molecule has 2 aromatic heterocycles. The van der Waals surface area contributed by atoms with Crippen molar-refractivity contribution in [3.8, 4) is 5.75 Å². The zero-order valence-corrected chi connectivity index (χ0v) is 21.9. The summed E-state index contributed by atoms with van der Waals surface area (Å²) in [4.78, 5) is 34.6. The first kappa shape index (κ1) is 28.1. The van der Waals surface area contributed by atoms with Crippen LogP contribution in [0.4, 0.5) is 10.3 Å². The summed E-state index contributed by atoms with van der Waals surface area (Å²) in [5.41, 5.74) is 6.99. The number of hydrogen-bond donors (Lipinski definition) is 2. The fourth-order valence-corrected chi connectivity index (χ4v) is 4.73. The Morgan fingerprint density at radius 3 is 2.72 bits per heavy atom. The van der Waals surface area contributed by atoms with Crippen molar-refractivity contribution in [2.24, 2.45) is 0 Å². The number of aromatic amines is 1. The molecule has 2 aromatic carbocycles. The molecule has 2 heterocycles. The van der Waals surface area contributed by atoms with Crippen LogP contribution >= 0.6 is 7.60 Å². The van der Waals surface area contributed by atoms with E-state index in [2.05, 4.69) is 15.0 Å². The number of nitrogens with one attached hydrogen (secondary N) is 1. The molecule has 0 radical (unpaired) electrons. The van der Waals surface area contributed by atoms with Crippen molar-refractivity contribution in [2.75, 3.05) is 25.3 Å². The van der Waals surface area contributed by atoms with Crippen molar-refractivity contribution >= 4 is 30.7 Å². The van der Waals surface area contributed by atoms with Crippen LogP contribution in [0.3, 0.4) is 0 Å². The van der Waals surface area contributed by atoms with Crippen LogP contribution in [0.5, 0.6) is 5.75 Å². The molecular formula is C25H27FN5O7P. The van der Waals surface area contributed by atoms with E-state index in [1.807, 2.05) is 6.92 Å². The normalized spacial score (nSPS) is 12.9. The lowest BCUT2D eigenvalue weighted by Gasteiger charge is -2.19. The smallest absolute Gasteiger partial charge is 0.356 e. The van der Waals surface area contributed by atoms with Gasteiger partial charge in [-0.1, -0.05) is 29.8 Å². The Bertz CT molecular complexity index is 1540. The zero-order valence-electron chi connectivity index (χ0n) is 21.0. The van der Waals surface area contributed by atoms with Gasteiger partial charge in [-0.25, -0.2) is 9.37 Å². The van der Waals surface area contributed by atoms with E-state index >= 15 is 0 Å². The predicted molar refractivity (Wildman–Crippen MR) is 140 cm³/mol. The van der Waals surface area contributed by atoms with Gasteiger partial charge >= 0.3 is 13.6 Å².